The van der Waals surface area contributed by atoms with Crippen molar-refractivity contribution in [1.29, 1.82) is 0 Å². The summed E-state index contributed by atoms with van der Waals surface area (Å²) in [6.45, 7) is 7.35. The zero-order valence-corrected chi connectivity index (χ0v) is 30.9. The first-order chi connectivity index (χ1) is 28.2. The van der Waals surface area contributed by atoms with Gasteiger partial charge in [0, 0.05) is 16.7 Å². The summed E-state index contributed by atoms with van der Waals surface area (Å²) >= 11 is 0. The molecule has 0 spiro atoms. The molecule has 1 heterocycles. The number of fused-ring (bicyclic) bond motifs is 3. The number of aromatic nitrogens is 3. The van der Waals surface area contributed by atoms with E-state index in [1.54, 1.807) is 0 Å². The summed E-state index contributed by atoms with van der Waals surface area (Å²) < 4.78 is 0. The third-order valence-corrected chi connectivity index (χ3v) is 11.0. The van der Waals surface area contributed by atoms with Crippen LogP contribution in [0.2, 0.25) is 0 Å². The Labute approximate surface area is 332 Å². The molecule has 1 aromatic heterocycles. The van der Waals surface area contributed by atoms with Crippen molar-refractivity contribution >= 4 is 5.69 Å². The number of hydrogen-bond acceptors (Lipinski definition) is 3. The quantitative estimate of drug-likeness (QED) is 0.154. The number of rotatable bonds is 7. The Hall–Kier alpha value is -7.74. The molecule has 0 bridgehead atoms. The van der Waals surface area contributed by atoms with Crippen LogP contribution < -0.4 is 0 Å². The maximum absolute atomic E-state index is 7.35. The average molecular weight is 727 g/mol. The van der Waals surface area contributed by atoms with E-state index in [2.05, 4.69) is 144 Å². The van der Waals surface area contributed by atoms with E-state index in [-0.39, 0.29) is 0 Å². The van der Waals surface area contributed by atoms with Crippen LogP contribution in [0, 0.1) is 6.57 Å². The van der Waals surface area contributed by atoms with E-state index in [0.717, 1.165) is 38.9 Å². The fourth-order valence-corrected chi connectivity index (χ4v) is 8.48. The Morgan fingerprint density at radius 3 is 1.44 bits per heavy atom. The predicted octanol–water partition coefficient (Wildman–Crippen LogP) is 13.1. The fraction of sp³-hybridized carbons (Fsp3) is 0.0189. The molecule has 0 amide bonds. The molecule has 0 aliphatic heterocycles. The minimum absolute atomic E-state index is 0.483. The summed E-state index contributed by atoms with van der Waals surface area (Å²) in [6, 6.07) is 72.0. The van der Waals surface area contributed by atoms with E-state index < -0.39 is 5.41 Å². The molecule has 0 unspecified atom stereocenters. The van der Waals surface area contributed by atoms with Crippen molar-refractivity contribution in [3.63, 3.8) is 0 Å². The summed E-state index contributed by atoms with van der Waals surface area (Å²) in [5, 5.41) is 0. The van der Waals surface area contributed by atoms with Crippen molar-refractivity contribution in [2.45, 2.75) is 5.41 Å². The van der Waals surface area contributed by atoms with Gasteiger partial charge in [0.25, 0.3) is 0 Å². The van der Waals surface area contributed by atoms with Gasteiger partial charge in [-0.15, -0.1) is 0 Å². The molecule has 266 valence electrons. The van der Waals surface area contributed by atoms with E-state index >= 15 is 0 Å². The minimum atomic E-state index is -0.483. The minimum Gasteiger partial charge on any atom is -0.238 e. The summed E-state index contributed by atoms with van der Waals surface area (Å²) in [5.41, 5.74) is 14.6. The van der Waals surface area contributed by atoms with Gasteiger partial charge in [0.05, 0.1) is 12.0 Å². The Morgan fingerprint density at radius 2 is 0.807 bits per heavy atom. The van der Waals surface area contributed by atoms with Gasteiger partial charge >= 0.3 is 0 Å². The molecule has 4 heteroatoms. The topological polar surface area (TPSA) is 43.0 Å². The smallest absolute Gasteiger partial charge is 0.187 e. The standard InChI is InChI=1S/C53H34N4/c1-54-44-32-30-36(31-33-44)38-18-13-20-40(34-38)51-55-50(37-16-5-2-6-17-37)56-52(57-51)41-21-14-19-39(35-41)45-27-15-29-48-49(45)46-26-11-12-28-47(46)53(48,42-22-7-3-8-23-42)43-24-9-4-10-25-43/h2-35H. The van der Waals surface area contributed by atoms with Crippen molar-refractivity contribution in [2.75, 3.05) is 0 Å². The summed E-state index contributed by atoms with van der Waals surface area (Å²) in [4.78, 5) is 18.8. The Balaban J connectivity index is 1.14. The summed E-state index contributed by atoms with van der Waals surface area (Å²) in [5.74, 6) is 1.80. The molecule has 0 fully saturated rings. The van der Waals surface area contributed by atoms with Crippen LogP contribution in [0.15, 0.2) is 206 Å². The molecule has 4 nitrogen and oxygen atoms in total. The molecular formula is C53H34N4. The van der Waals surface area contributed by atoms with Crippen molar-refractivity contribution < 1.29 is 0 Å². The highest BCUT2D eigenvalue weighted by Crippen LogP contribution is 2.58. The SMILES string of the molecule is [C-]#[N+]c1ccc(-c2cccc(-c3nc(-c4ccccc4)nc(-c4cccc(-c5cccc6c5-c5ccccc5C6(c5ccccc5)c5ccccc5)c4)n3)c2)cc1. The van der Waals surface area contributed by atoms with Gasteiger partial charge < -0.3 is 0 Å². The summed E-state index contributed by atoms with van der Waals surface area (Å²) in [7, 11) is 0. The molecule has 9 aromatic rings. The molecule has 57 heavy (non-hydrogen) atoms. The molecular weight excluding hydrogens is 693 g/mol. The van der Waals surface area contributed by atoms with Gasteiger partial charge in [0.1, 0.15) is 0 Å². The number of nitrogens with zero attached hydrogens (tertiary/aromatic N) is 4. The van der Waals surface area contributed by atoms with Crippen LogP contribution in [0.1, 0.15) is 22.3 Å². The lowest BCUT2D eigenvalue weighted by Crippen LogP contribution is -2.28. The van der Waals surface area contributed by atoms with Crippen molar-refractivity contribution in [3.05, 3.63) is 240 Å². The van der Waals surface area contributed by atoms with Gasteiger partial charge in [-0.25, -0.2) is 19.8 Å². The van der Waals surface area contributed by atoms with E-state index in [4.69, 9.17) is 21.5 Å². The molecule has 0 saturated heterocycles. The molecule has 0 saturated carbocycles. The third kappa shape index (κ3) is 5.82. The lowest BCUT2D eigenvalue weighted by Gasteiger charge is -2.34. The van der Waals surface area contributed by atoms with Crippen LogP contribution in [-0.2, 0) is 5.41 Å². The molecule has 0 atom stereocenters. The van der Waals surface area contributed by atoms with Gasteiger partial charge in [-0.2, -0.15) is 0 Å². The molecule has 1 aliphatic rings. The molecule has 8 aromatic carbocycles. The molecule has 1 aliphatic carbocycles. The van der Waals surface area contributed by atoms with Crippen molar-refractivity contribution in [1.82, 2.24) is 15.0 Å². The lowest BCUT2D eigenvalue weighted by molar-refractivity contribution is 0.768. The van der Waals surface area contributed by atoms with Gasteiger partial charge in [-0.3, -0.25) is 0 Å². The summed E-state index contributed by atoms with van der Waals surface area (Å²) in [6.07, 6.45) is 0. The Kier molecular flexibility index (Phi) is 8.39. The lowest BCUT2D eigenvalue weighted by atomic mass is 9.67. The van der Waals surface area contributed by atoms with Crippen LogP contribution in [0.25, 0.3) is 72.4 Å². The highest BCUT2D eigenvalue weighted by Gasteiger charge is 2.46. The number of hydrogen-bond donors (Lipinski definition) is 0. The van der Waals surface area contributed by atoms with Crippen molar-refractivity contribution in [2.24, 2.45) is 0 Å². The average Bonchev–Trinajstić information content (AvgIpc) is 3.61. The fourth-order valence-electron chi connectivity index (χ4n) is 8.48. The van der Waals surface area contributed by atoms with Crippen LogP contribution in [0.3, 0.4) is 0 Å². The van der Waals surface area contributed by atoms with E-state index in [1.807, 2.05) is 66.7 Å². The number of benzene rings is 8. The van der Waals surface area contributed by atoms with Crippen LogP contribution in [-0.4, -0.2) is 15.0 Å². The van der Waals surface area contributed by atoms with E-state index in [1.165, 1.54) is 33.4 Å². The first kappa shape index (κ1) is 33.8. The third-order valence-electron chi connectivity index (χ3n) is 11.0. The Morgan fingerprint density at radius 1 is 0.351 bits per heavy atom. The normalized spacial score (nSPS) is 12.3. The largest absolute Gasteiger partial charge is 0.238 e. The Bertz CT molecular complexity index is 2910. The van der Waals surface area contributed by atoms with Gasteiger partial charge in [0.15, 0.2) is 23.2 Å². The van der Waals surface area contributed by atoms with Gasteiger partial charge in [0.2, 0.25) is 0 Å². The zero-order valence-electron chi connectivity index (χ0n) is 30.9. The van der Waals surface area contributed by atoms with Crippen molar-refractivity contribution in [3.8, 4) is 67.5 Å². The second-order valence-electron chi connectivity index (χ2n) is 14.2. The zero-order chi connectivity index (χ0) is 38.2. The second-order valence-corrected chi connectivity index (χ2v) is 14.2. The predicted molar refractivity (Wildman–Crippen MR) is 231 cm³/mol. The van der Waals surface area contributed by atoms with Crippen LogP contribution in [0.5, 0.6) is 0 Å². The first-order valence-corrected chi connectivity index (χ1v) is 19.1. The molecule has 10 rings (SSSR count). The first-order valence-electron chi connectivity index (χ1n) is 19.1. The van der Waals surface area contributed by atoms with Crippen LogP contribution >= 0.6 is 0 Å². The highest BCUT2D eigenvalue weighted by atomic mass is 15.0. The van der Waals surface area contributed by atoms with E-state index in [0.29, 0.717) is 23.2 Å². The van der Waals surface area contributed by atoms with Gasteiger partial charge in [-0.05, 0) is 67.8 Å². The molecule has 0 radical (unpaired) electrons. The highest BCUT2D eigenvalue weighted by molar-refractivity contribution is 5.96. The van der Waals surface area contributed by atoms with Gasteiger partial charge in [-0.1, -0.05) is 194 Å². The maximum atomic E-state index is 7.35. The monoisotopic (exact) mass is 726 g/mol. The maximum Gasteiger partial charge on any atom is 0.187 e. The van der Waals surface area contributed by atoms with E-state index in [9.17, 15) is 0 Å². The second kappa shape index (κ2) is 14.2. The molecule has 0 N–H and O–H groups in total. The van der Waals surface area contributed by atoms with Crippen LogP contribution in [0.4, 0.5) is 5.69 Å².